The van der Waals surface area contributed by atoms with Crippen LogP contribution in [0, 0.1) is 13.8 Å². The Morgan fingerprint density at radius 2 is 2.19 bits per heavy atom. The number of benzene rings is 1. The van der Waals surface area contributed by atoms with Crippen molar-refractivity contribution in [3.05, 3.63) is 52.4 Å². The smallest absolute Gasteiger partial charge is 0.312 e. The minimum atomic E-state index is -0.772. The summed E-state index contributed by atoms with van der Waals surface area (Å²) in [5.41, 5.74) is 3.94. The number of hydrogen-bond donors (Lipinski definition) is 1. The summed E-state index contributed by atoms with van der Waals surface area (Å²) in [7, 11) is 0. The van der Waals surface area contributed by atoms with Crippen molar-refractivity contribution in [3.63, 3.8) is 0 Å². The van der Waals surface area contributed by atoms with Gasteiger partial charge >= 0.3 is 5.97 Å². The minimum Gasteiger partial charge on any atom is -0.481 e. The van der Waals surface area contributed by atoms with Gasteiger partial charge in [0.15, 0.2) is 0 Å². The fourth-order valence-corrected chi connectivity index (χ4v) is 2.96. The number of aliphatic carboxylic acids is 1. The van der Waals surface area contributed by atoms with Gasteiger partial charge < -0.3 is 9.63 Å². The van der Waals surface area contributed by atoms with Crippen LogP contribution in [0.25, 0.3) is 0 Å². The van der Waals surface area contributed by atoms with Gasteiger partial charge in [-0.25, -0.2) is 0 Å². The Kier molecular flexibility index (Phi) is 3.51. The maximum atomic E-state index is 11.5. The average molecular weight is 286 g/mol. The number of carboxylic acid groups (broad SMARTS) is 1. The van der Waals surface area contributed by atoms with Gasteiger partial charge in [0.1, 0.15) is 5.76 Å². The Morgan fingerprint density at radius 3 is 2.86 bits per heavy atom. The summed E-state index contributed by atoms with van der Waals surface area (Å²) in [5, 5.41) is 13.4. The molecule has 5 nitrogen and oxygen atoms in total. The molecule has 110 valence electrons. The molecule has 2 heterocycles. The standard InChI is InChI=1S/C16H18N2O3/c1-10-14(11(2)21-17-10)8-18-7-12-5-3-4-6-13(12)15(9-18)16(19)20/h3-6,15H,7-9H2,1-2H3,(H,19,20). The highest BCUT2D eigenvalue weighted by Gasteiger charge is 2.30. The van der Waals surface area contributed by atoms with Crippen LogP contribution in [-0.2, 0) is 17.9 Å². The van der Waals surface area contributed by atoms with E-state index in [0.717, 1.165) is 34.7 Å². The third kappa shape index (κ3) is 2.56. The lowest BCUT2D eigenvalue weighted by atomic mass is 9.89. The molecule has 0 aliphatic carbocycles. The number of aryl methyl sites for hydroxylation is 2. The molecule has 1 aromatic heterocycles. The van der Waals surface area contributed by atoms with Gasteiger partial charge in [-0.15, -0.1) is 0 Å². The van der Waals surface area contributed by atoms with Crippen LogP contribution in [-0.4, -0.2) is 27.7 Å². The van der Waals surface area contributed by atoms with Crippen molar-refractivity contribution in [2.45, 2.75) is 32.9 Å². The van der Waals surface area contributed by atoms with E-state index in [2.05, 4.69) is 10.1 Å². The fourth-order valence-electron chi connectivity index (χ4n) is 2.96. The quantitative estimate of drug-likeness (QED) is 0.939. The fraction of sp³-hybridized carbons (Fsp3) is 0.375. The molecule has 1 N–H and O–H groups in total. The highest BCUT2D eigenvalue weighted by atomic mass is 16.5. The minimum absolute atomic E-state index is 0.476. The average Bonchev–Trinajstić information content (AvgIpc) is 2.78. The van der Waals surface area contributed by atoms with Crippen LogP contribution in [0.2, 0.25) is 0 Å². The first-order chi connectivity index (χ1) is 10.1. The van der Waals surface area contributed by atoms with E-state index in [1.165, 1.54) is 0 Å². The zero-order valence-corrected chi connectivity index (χ0v) is 12.2. The number of fused-ring (bicyclic) bond motifs is 1. The van der Waals surface area contributed by atoms with Crippen molar-refractivity contribution < 1.29 is 14.4 Å². The molecule has 1 aliphatic heterocycles. The molecule has 0 spiro atoms. The second-order valence-electron chi connectivity index (χ2n) is 5.56. The monoisotopic (exact) mass is 286 g/mol. The van der Waals surface area contributed by atoms with Crippen LogP contribution in [0.3, 0.4) is 0 Å². The molecule has 21 heavy (non-hydrogen) atoms. The summed E-state index contributed by atoms with van der Waals surface area (Å²) in [6, 6.07) is 7.78. The zero-order chi connectivity index (χ0) is 15.0. The number of nitrogens with zero attached hydrogens (tertiary/aromatic N) is 2. The number of aromatic nitrogens is 1. The van der Waals surface area contributed by atoms with Crippen LogP contribution in [0.5, 0.6) is 0 Å². The summed E-state index contributed by atoms with van der Waals surface area (Å²) in [4.78, 5) is 13.7. The van der Waals surface area contributed by atoms with E-state index in [0.29, 0.717) is 13.1 Å². The van der Waals surface area contributed by atoms with Crippen LogP contribution in [0.15, 0.2) is 28.8 Å². The molecule has 2 aromatic rings. The third-order valence-corrected chi connectivity index (χ3v) is 4.13. The molecule has 0 radical (unpaired) electrons. The summed E-state index contributed by atoms with van der Waals surface area (Å²) in [6.07, 6.45) is 0. The molecule has 1 atom stereocenters. The van der Waals surface area contributed by atoms with Crippen molar-refractivity contribution in [3.8, 4) is 0 Å². The van der Waals surface area contributed by atoms with Gasteiger partial charge in [0.05, 0.1) is 11.6 Å². The van der Waals surface area contributed by atoms with E-state index >= 15 is 0 Å². The van der Waals surface area contributed by atoms with Gasteiger partial charge in [-0.05, 0) is 25.0 Å². The Bertz CT molecular complexity index is 658. The molecule has 0 amide bonds. The second-order valence-corrected chi connectivity index (χ2v) is 5.56. The van der Waals surface area contributed by atoms with E-state index in [4.69, 9.17) is 4.52 Å². The van der Waals surface area contributed by atoms with E-state index in [9.17, 15) is 9.90 Å². The van der Waals surface area contributed by atoms with Gasteiger partial charge in [-0.1, -0.05) is 29.4 Å². The van der Waals surface area contributed by atoms with E-state index in [1.54, 1.807) is 0 Å². The largest absolute Gasteiger partial charge is 0.481 e. The molecule has 3 rings (SSSR count). The number of carbonyl (C=O) groups is 1. The molecular weight excluding hydrogens is 268 g/mol. The first kappa shape index (κ1) is 13.8. The van der Waals surface area contributed by atoms with E-state index < -0.39 is 11.9 Å². The predicted molar refractivity (Wildman–Crippen MR) is 76.9 cm³/mol. The van der Waals surface area contributed by atoms with Gasteiger partial charge in [0, 0.05) is 25.2 Å². The summed E-state index contributed by atoms with van der Waals surface area (Å²) in [5.74, 6) is -0.445. The van der Waals surface area contributed by atoms with Crippen LogP contribution >= 0.6 is 0 Å². The SMILES string of the molecule is Cc1noc(C)c1CN1Cc2ccccc2C(C(=O)O)C1. The molecule has 0 saturated carbocycles. The Labute approximate surface area is 123 Å². The summed E-state index contributed by atoms with van der Waals surface area (Å²) in [6.45, 7) is 5.74. The summed E-state index contributed by atoms with van der Waals surface area (Å²) >= 11 is 0. The predicted octanol–water partition coefficient (Wildman–Crippen LogP) is 2.48. The van der Waals surface area contributed by atoms with E-state index in [-0.39, 0.29) is 0 Å². The number of hydrogen-bond acceptors (Lipinski definition) is 4. The van der Waals surface area contributed by atoms with Crippen molar-refractivity contribution in [2.24, 2.45) is 0 Å². The molecular formula is C16H18N2O3. The Hall–Kier alpha value is -2.14. The summed E-state index contributed by atoms with van der Waals surface area (Å²) < 4.78 is 5.19. The topological polar surface area (TPSA) is 66.6 Å². The highest BCUT2D eigenvalue weighted by molar-refractivity contribution is 5.77. The van der Waals surface area contributed by atoms with Gasteiger partial charge in [-0.2, -0.15) is 0 Å². The van der Waals surface area contributed by atoms with Crippen molar-refractivity contribution in [1.82, 2.24) is 10.1 Å². The normalized spacial score (nSPS) is 18.5. The Morgan fingerprint density at radius 1 is 1.43 bits per heavy atom. The van der Waals surface area contributed by atoms with Crippen LogP contribution < -0.4 is 0 Å². The van der Waals surface area contributed by atoms with Gasteiger partial charge in [0.25, 0.3) is 0 Å². The molecule has 1 aromatic carbocycles. The second kappa shape index (κ2) is 5.33. The lowest BCUT2D eigenvalue weighted by molar-refractivity contribution is -0.139. The molecule has 5 heteroatoms. The van der Waals surface area contributed by atoms with Crippen molar-refractivity contribution >= 4 is 5.97 Å². The van der Waals surface area contributed by atoms with Crippen LogP contribution in [0.4, 0.5) is 0 Å². The zero-order valence-electron chi connectivity index (χ0n) is 12.2. The van der Waals surface area contributed by atoms with E-state index in [1.807, 2.05) is 38.1 Å². The molecule has 1 unspecified atom stereocenters. The van der Waals surface area contributed by atoms with Gasteiger partial charge in [-0.3, -0.25) is 9.69 Å². The van der Waals surface area contributed by atoms with Crippen LogP contribution in [0.1, 0.15) is 34.1 Å². The number of rotatable bonds is 3. The van der Waals surface area contributed by atoms with Crippen molar-refractivity contribution in [2.75, 3.05) is 6.54 Å². The maximum Gasteiger partial charge on any atom is 0.312 e. The van der Waals surface area contributed by atoms with Crippen molar-refractivity contribution in [1.29, 1.82) is 0 Å². The number of carboxylic acids is 1. The molecule has 0 bridgehead atoms. The lowest BCUT2D eigenvalue weighted by Crippen LogP contribution is -2.36. The lowest BCUT2D eigenvalue weighted by Gasteiger charge is -2.32. The molecule has 0 saturated heterocycles. The first-order valence-electron chi connectivity index (χ1n) is 7.01. The molecule has 1 aliphatic rings. The third-order valence-electron chi connectivity index (χ3n) is 4.13. The van der Waals surface area contributed by atoms with Gasteiger partial charge in [0.2, 0.25) is 0 Å². The first-order valence-corrected chi connectivity index (χ1v) is 7.01. The Balaban J connectivity index is 1.88. The molecule has 0 fully saturated rings. The highest BCUT2D eigenvalue weighted by Crippen LogP contribution is 2.30. The maximum absolute atomic E-state index is 11.5.